The topological polar surface area (TPSA) is 35.5 Å². The fraction of sp³-hybridized carbons (Fsp3) is 0.474. The maximum Gasteiger partial charge on any atom is 0.116 e. The van der Waals surface area contributed by atoms with E-state index in [2.05, 4.69) is 28.4 Å². The van der Waals surface area contributed by atoms with E-state index in [9.17, 15) is 5.11 Å². The molecule has 2 aliphatic rings. The molecule has 1 atom stereocenters. The molecular formula is C19H24N2O. The van der Waals surface area contributed by atoms with E-state index >= 15 is 0 Å². The van der Waals surface area contributed by atoms with Gasteiger partial charge in [-0.25, -0.2) is 0 Å². The van der Waals surface area contributed by atoms with Crippen LogP contribution in [0.4, 0.5) is 0 Å². The van der Waals surface area contributed by atoms with Gasteiger partial charge < -0.3 is 10.4 Å². The van der Waals surface area contributed by atoms with Gasteiger partial charge in [-0.15, -0.1) is 0 Å². The summed E-state index contributed by atoms with van der Waals surface area (Å²) in [7, 11) is 0. The van der Waals surface area contributed by atoms with E-state index < -0.39 is 0 Å². The van der Waals surface area contributed by atoms with Crippen molar-refractivity contribution >= 4 is 10.8 Å². The zero-order chi connectivity index (χ0) is 14.9. The minimum Gasteiger partial charge on any atom is -0.508 e. The number of nitrogens with zero attached hydrogens (tertiary/aromatic N) is 1. The normalized spacial score (nSPS) is 21.6. The molecule has 1 heterocycles. The molecule has 0 amide bonds. The van der Waals surface area contributed by atoms with Gasteiger partial charge in [-0.3, -0.25) is 4.90 Å². The molecule has 3 heteroatoms. The van der Waals surface area contributed by atoms with Gasteiger partial charge in [0.15, 0.2) is 0 Å². The first kappa shape index (κ1) is 14.0. The number of phenolic OH excluding ortho intramolecular Hbond substituents is 1. The average Bonchev–Trinajstić information content (AvgIpc) is 2.51. The zero-order valence-electron chi connectivity index (χ0n) is 13.0. The van der Waals surface area contributed by atoms with Crippen LogP contribution < -0.4 is 5.32 Å². The van der Waals surface area contributed by atoms with E-state index in [0.29, 0.717) is 11.8 Å². The van der Waals surface area contributed by atoms with Crippen LogP contribution in [0.25, 0.3) is 10.8 Å². The van der Waals surface area contributed by atoms with Crippen LogP contribution in [0.3, 0.4) is 0 Å². The molecule has 0 spiro atoms. The van der Waals surface area contributed by atoms with Gasteiger partial charge in [-0.05, 0) is 53.3 Å². The third-order valence-electron chi connectivity index (χ3n) is 5.33. The number of rotatable bonds is 3. The molecule has 4 rings (SSSR count). The fourth-order valence-corrected chi connectivity index (χ4v) is 3.93. The van der Waals surface area contributed by atoms with E-state index in [0.717, 1.165) is 37.5 Å². The third-order valence-corrected chi connectivity index (χ3v) is 5.33. The van der Waals surface area contributed by atoms with E-state index in [4.69, 9.17) is 0 Å². The molecule has 116 valence electrons. The Morgan fingerprint density at radius 2 is 1.73 bits per heavy atom. The highest BCUT2D eigenvalue weighted by Gasteiger charge is 2.33. The van der Waals surface area contributed by atoms with Gasteiger partial charge in [-0.2, -0.15) is 0 Å². The van der Waals surface area contributed by atoms with Gasteiger partial charge >= 0.3 is 0 Å². The molecule has 0 unspecified atom stereocenters. The highest BCUT2D eigenvalue weighted by molar-refractivity contribution is 5.84. The molecule has 0 bridgehead atoms. The Labute approximate surface area is 131 Å². The largest absolute Gasteiger partial charge is 0.508 e. The highest BCUT2D eigenvalue weighted by Crippen LogP contribution is 2.42. The average molecular weight is 296 g/mol. The smallest absolute Gasteiger partial charge is 0.116 e. The molecule has 1 aliphatic heterocycles. The number of piperazine rings is 1. The fourth-order valence-electron chi connectivity index (χ4n) is 3.93. The predicted molar refractivity (Wildman–Crippen MR) is 90.1 cm³/mol. The first-order valence-corrected chi connectivity index (χ1v) is 8.49. The minimum atomic E-state index is 0.345. The second kappa shape index (κ2) is 5.90. The van der Waals surface area contributed by atoms with Crippen molar-refractivity contribution in [3.8, 4) is 5.75 Å². The molecular weight excluding hydrogens is 272 g/mol. The number of benzene rings is 2. The Morgan fingerprint density at radius 3 is 2.45 bits per heavy atom. The quantitative estimate of drug-likeness (QED) is 0.912. The molecule has 2 aromatic rings. The summed E-state index contributed by atoms with van der Waals surface area (Å²) in [5.74, 6) is 1.16. The molecule has 1 aliphatic carbocycles. The SMILES string of the molecule is Oc1ccc2cc([C@H](C3CCC3)N3CCNCC3)ccc2c1. The van der Waals surface area contributed by atoms with Gasteiger partial charge in [-0.1, -0.05) is 24.6 Å². The molecule has 2 N–H and O–H groups in total. The van der Waals surface area contributed by atoms with E-state index in [1.807, 2.05) is 12.1 Å². The van der Waals surface area contributed by atoms with Gasteiger partial charge in [0.2, 0.25) is 0 Å². The molecule has 3 nitrogen and oxygen atoms in total. The second-order valence-electron chi connectivity index (χ2n) is 6.71. The number of hydrogen-bond acceptors (Lipinski definition) is 3. The van der Waals surface area contributed by atoms with E-state index in [-0.39, 0.29) is 0 Å². The first-order chi connectivity index (χ1) is 10.8. The van der Waals surface area contributed by atoms with Crippen LogP contribution in [0.1, 0.15) is 30.9 Å². The Balaban J connectivity index is 1.70. The van der Waals surface area contributed by atoms with Crippen molar-refractivity contribution in [1.29, 1.82) is 0 Å². The number of hydrogen-bond donors (Lipinski definition) is 2. The lowest BCUT2D eigenvalue weighted by atomic mass is 9.76. The summed E-state index contributed by atoms with van der Waals surface area (Å²) < 4.78 is 0. The molecule has 2 aromatic carbocycles. The zero-order valence-corrected chi connectivity index (χ0v) is 13.0. The van der Waals surface area contributed by atoms with Crippen molar-refractivity contribution in [2.75, 3.05) is 26.2 Å². The minimum absolute atomic E-state index is 0.345. The maximum absolute atomic E-state index is 9.63. The summed E-state index contributed by atoms with van der Waals surface area (Å²) in [6, 6.07) is 13.0. The number of fused-ring (bicyclic) bond motifs is 1. The Hall–Kier alpha value is -1.58. The van der Waals surface area contributed by atoms with E-state index in [1.54, 1.807) is 6.07 Å². The summed E-state index contributed by atoms with van der Waals surface area (Å²) in [5.41, 5.74) is 1.45. The highest BCUT2D eigenvalue weighted by atomic mass is 16.3. The van der Waals surface area contributed by atoms with Crippen LogP contribution in [-0.2, 0) is 0 Å². The summed E-state index contributed by atoms with van der Waals surface area (Å²) in [5, 5.41) is 15.4. The molecule has 22 heavy (non-hydrogen) atoms. The van der Waals surface area contributed by atoms with Crippen molar-refractivity contribution in [1.82, 2.24) is 10.2 Å². The van der Waals surface area contributed by atoms with Crippen LogP contribution in [0.5, 0.6) is 5.75 Å². The number of aromatic hydroxyl groups is 1. The Kier molecular flexibility index (Phi) is 3.77. The van der Waals surface area contributed by atoms with Gasteiger partial charge in [0.05, 0.1) is 0 Å². The van der Waals surface area contributed by atoms with Crippen molar-refractivity contribution < 1.29 is 5.11 Å². The Morgan fingerprint density at radius 1 is 1.00 bits per heavy atom. The molecule has 0 aromatic heterocycles. The number of nitrogens with one attached hydrogen (secondary N) is 1. The van der Waals surface area contributed by atoms with Crippen LogP contribution in [-0.4, -0.2) is 36.2 Å². The standard InChI is InChI=1S/C19H24N2O/c22-18-7-6-15-12-17(5-4-16(15)13-18)19(14-2-1-3-14)21-10-8-20-9-11-21/h4-7,12-14,19-20,22H,1-3,8-11H2/t19-/m0/s1. The van der Waals surface area contributed by atoms with Crippen molar-refractivity contribution in [2.24, 2.45) is 5.92 Å². The monoisotopic (exact) mass is 296 g/mol. The maximum atomic E-state index is 9.63. The van der Waals surface area contributed by atoms with Gasteiger partial charge in [0.25, 0.3) is 0 Å². The lowest BCUT2D eigenvalue weighted by molar-refractivity contribution is 0.0838. The summed E-state index contributed by atoms with van der Waals surface area (Å²) in [6.45, 7) is 4.50. The van der Waals surface area contributed by atoms with Gasteiger partial charge in [0.1, 0.15) is 5.75 Å². The van der Waals surface area contributed by atoms with Gasteiger partial charge in [0, 0.05) is 32.2 Å². The molecule has 0 radical (unpaired) electrons. The molecule has 1 saturated carbocycles. The van der Waals surface area contributed by atoms with Crippen LogP contribution in [0.2, 0.25) is 0 Å². The van der Waals surface area contributed by atoms with Crippen LogP contribution in [0, 0.1) is 5.92 Å². The second-order valence-corrected chi connectivity index (χ2v) is 6.71. The third kappa shape index (κ3) is 2.59. The van der Waals surface area contributed by atoms with Crippen LogP contribution >= 0.6 is 0 Å². The van der Waals surface area contributed by atoms with Crippen molar-refractivity contribution in [3.63, 3.8) is 0 Å². The predicted octanol–water partition coefficient (Wildman–Crippen LogP) is 3.29. The molecule has 1 saturated heterocycles. The summed E-state index contributed by atoms with van der Waals surface area (Å²) >= 11 is 0. The summed E-state index contributed by atoms with van der Waals surface area (Å²) in [6.07, 6.45) is 4.11. The first-order valence-electron chi connectivity index (χ1n) is 8.49. The lowest BCUT2D eigenvalue weighted by Gasteiger charge is -2.43. The lowest BCUT2D eigenvalue weighted by Crippen LogP contribution is -2.47. The van der Waals surface area contributed by atoms with Crippen molar-refractivity contribution in [3.05, 3.63) is 42.0 Å². The molecule has 2 fully saturated rings. The number of phenols is 1. The van der Waals surface area contributed by atoms with E-state index in [1.165, 1.54) is 30.2 Å². The van der Waals surface area contributed by atoms with Crippen molar-refractivity contribution in [2.45, 2.75) is 25.3 Å². The van der Waals surface area contributed by atoms with Crippen LogP contribution in [0.15, 0.2) is 36.4 Å². The Bertz CT molecular complexity index is 660. The summed E-state index contributed by atoms with van der Waals surface area (Å²) in [4.78, 5) is 2.67.